The number of carbonyl (C=O) groups excluding carboxylic acids is 1. The van der Waals surface area contributed by atoms with Crippen molar-refractivity contribution in [3.8, 4) is 0 Å². The Morgan fingerprint density at radius 3 is 3.11 bits per heavy atom. The number of aromatic nitrogens is 2. The number of β-amino-alcohol motifs (C(OH)–C–C–N with tert-alkyl or cyclic N) is 1. The lowest BCUT2D eigenvalue weighted by Gasteiger charge is -2.25. The van der Waals surface area contributed by atoms with Gasteiger partial charge < -0.3 is 16.2 Å². The van der Waals surface area contributed by atoms with Crippen LogP contribution in [-0.2, 0) is 11.3 Å². The number of nitrogen functional groups attached to an aromatic ring is 1. The first-order valence-corrected chi connectivity index (χ1v) is 6.52. The summed E-state index contributed by atoms with van der Waals surface area (Å²) in [6, 6.07) is -0.123. The molecule has 106 valence electrons. The summed E-state index contributed by atoms with van der Waals surface area (Å²) in [5.41, 5.74) is 6.15. The predicted molar refractivity (Wildman–Crippen MR) is 71.3 cm³/mol. The zero-order chi connectivity index (χ0) is 13.8. The number of amides is 1. The van der Waals surface area contributed by atoms with Crippen LogP contribution in [0.3, 0.4) is 0 Å². The number of likely N-dealkylation sites (N-methyl/N-ethyl adjacent to an activating group) is 1. The minimum absolute atomic E-state index is 0.0213. The van der Waals surface area contributed by atoms with Gasteiger partial charge in [-0.25, -0.2) is 0 Å². The molecule has 0 radical (unpaired) electrons. The Balaban J connectivity index is 1.87. The van der Waals surface area contributed by atoms with E-state index in [9.17, 15) is 9.90 Å². The molecule has 0 bridgehead atoms. The van der Waals surface area contributed by atoms with E-state index in [0.29, 0.717) is 18.8 Å². The summed E-state index contributed by atoms with van der Waals surface area (Å²) in [5.74, 6) is 0.0213. The standard InChI is InChI=1S/C12H21N5O2/c1-14-12(19)11-3-2-4-16(11)7-10(18)8-17-6-9(13)5-15-17/h5-6,10-11,18H,2-4,7-8,13H2,1H3,(H,14,19). The molecule has 7 heteroatoms. The van der Waals surface area contributed by atoms with Crippen molar-refractivity contribution in [2.75, 3.05) is 25.9 Å². The molecule has 19 heavy (non-hydrogen) atoms. The third-order valence-electron chi connectivity index (χ3n) is 3.41. The Morgan fingerprint density at radius 1 is 1.68 bits per heavy atom. The number of rotatable bonds is 5. The maximum Gasteiger partial charge on any atom is 0.237 e. The van der Waals surface area contributed by atoms with Crippen LogP contribution in [0.15, 0.2) is 12.4 Å². The molecule has 4 N–H and O–H groups in total. The fourth-order valence-corrected chi connectivity index (χ4v) is 2.53. The molecule has 0 aliphatic carbocycles. The van der Waals surface area contributed by atoms with Gasteiger partial charge in [-0.1, -0.05) is 0 Å². The van der Waals surface area contributed by atoms with Crippen molar-refractivity contribution in [3.63, 3.8) is 0 Å². The van der Waals surface area contributed by atoms with Crippen molar-refractivity contribution in [1.82, 2.24) is 20.0 Å². The number of aliphatic hydroxyl groups is 1. The molecule has 1 aromatic heterocycles. The van der Waals surface area contributed by atoms with Gasteiger partial charge >= 0.3 is 0 Å². The van der Waals surface area contributed by atoms with E-state index in [1.807, 2.05) is 4.90 Å². The Bertz CT molecular complexity index is 434. The predicted octanol–water partition coefficient (Wildman–Crippen LogP) is -0.963. The van der Waals surface area contributed by atoms with Crippen molar-refractivity contribution in [2.45, 2.75) is 31.5 Å². The number of hydrogen-bond donors (Lipinski definition) is 3. The van der Waals surface area contributed by atoms with Gasteiger partial charge in [0.2, 0.25) is 5.91 Å². The second-order valence-electron chi connectivity index (χ2n) is 4.92. The number of anilines is 1. The summed E-state index contributed by atoms with van der Waals surface area (Å²) in [5, 5.41) is 16.8. The minimum Gasteiger partial charge on any atom is -0.396 e. The van der Waals surface area contributed by atoms with E-state index in [1.54, 1.807) is 24.1 Å². The summed E-state index contributed by atoms with van der Waals surface area (Å²) in [4.78, 5) is 13.7. The molecular formula is C12H21N5O2. The molecule has 0 spiro atoms. The molecule has 1 fully saturated rings. The fraction of sp³-hybridized carbons (Fsp3) is 0.667. The normalized spacial score (nSPS) is 21.5. The van der Waals surface area contributed by atoms with Gasteiger partial charge in [-0.3, -0.25) is 14.4 Å². The zero-order valence-electron chi connectivity index (χ0n) is 11.1. The number of nitrogens with one attached hydrogen (secondary N) is 1. The van der Waals surface area contributed by atoms with Gasteiger partial charge in [-0.05, 0) is 19.4 Å². The van der Waals surface area contributed by atoms with Crippen molar-refractivity contribution in [2.24, 2.45) is 0 Å². The Hall–Kier alpha value is -1.60. The molecule has 2 rings (SSSR count). The second-order valence-corrected chi connectivity index (χ2v) is 4.92. The monoisotopic (exact) mass is 267 g/mol. The number of nitrogens with two attached hydrogens (primary N) is 1. The van der Waals surface area contributed by atoms with Gasteiger partial charge in [0.05, 0.1) is 30.6 Å². The summed E-state index contributed by atoms with van der Waals surface area (Å²) in [6.45, 7) is 1.70. The Kier molecular flexibility index (Phi) is 4.39. The summed E-state index contributed by atoms with van der Waals surface area (Å²) < 4.78 is 1.62. The number of likely N-dealkylation sites (tertiary alicyclic amines) is 1. The number of carbonyl (C=O) groups is 1. The average Bonchev–Trinajstić information content (AvgIpc) is 2.97. The summed E-state index contributed by atoms with van der Waals surface area (Å²) >= 11 is 0. The minimum atomic E-state index is -0.565. The van der Waals surface area contributed by atoms with Gasteiger partial charge in [0.1, 0.15) is 0 Å². The summed E-state index contributed by atoms with van der Waals surface area (Å²) in [6.07, 6.45) is 4.50. The van der Waals surface area contributed by atoms with Crippen LogP contribution in [0.25, 0.3) is 0 Å². The van der Waals surface area contributed by atoms with Crippen molar-refractivity contribution >= 4 is 11.6 Å². The van der Waals surface area contributed by atoms with E-state index < -0.39 is 6.10 Å². The van der Waals surface area contributed by atoms with Gasteiger partial charge in [-0.2, -0.15) is 5.10 Å². The lowest BCUT2D eigenvalue weighted by Crippen LogP contribution is -2.45. The molecule has 1 saturated heterocycles. The maximum absolute atomic E-state index is 11.7. The highest BCUT2D eigenvalue weighted by molar-refractivity contribution is 5.81. The highest BCUT2D eigenvalue weighted by atomic mass is 16.3. The molecule has 1 aromatic rings. The third-order valence-corrected chi connectivity index (χ3v) is 3.41. The smallest absolute Gasteiger partial charge is 0.237 e. The zero-order valence-corrected chi connectivity index (χ0v) is 11.1. The van der Waals surface area contributed by atoms with Crippen LogP contribution < -0.4 is 11.1 Å². The van der Waals surface area contributed by atoms with E-state index in [0.717, 1.165) is 19.4 Å². The van der Waals surface area contributed by atoms with Crippen LogP contribution in [0.1, 0.15) is 12.8 Å². The van der Waals surface area contributed by atoms with E-state index in [-0.39, 0.29) is 11.9 Å². The molecule has 7 nitrogen and oxygen atoms in total. The Labute approximate surface area is 112 Å². The lowest BCUT2D eigenvalue weighted by molar-refractivity contribution is -0.125. The first-order valence-electron chi connectivity index (χ1n) is 6.52. The van der Waals surface area contributed by atoms with E-state index in [4.69, 9.17) is 5.73 Å². The van der Waals surface area contributed by atoms with Gasteiger partial charge in [0, 0.05) is 19.8 Å². The molecule has 1 amide bonds. The largest absolute Gasteiger partial charge is 0.396 e. The van der Waals surface area contributed by atoms with Gasteiger partial charge in [0.15, 0.2) is 0 Å². The summed E-state index contributed by atoms with van der Waals surface area (Å²) in [7, 11) is 1.64. The van der Waals surface area contributed by atoms with E-state index >= 15 is 0 Å². The van der Waals surface area contributed by atoms with E-state index in [2.05, 4.69) is 10.4 Å². The van der Waals surface area contributed by atoms with Crippen LogP contribution in [0.2, 0.25) is 0 Å². The van der Waals surface area contributed by atoms with Crippen LogP contribution in [0.5, 0.6) is 0 Å². The first-order chi connectivity index (χ1) is 9.10. The number of aliphatic hydroxyl groups excluding tert-OH is 1. The van der Waals surface area contributed by atoms with E-state index in [1.165, 1.54) is 0 Å². The third kappa shape index (κ3) is 3.45. The Morgan fingerprint density at radius 2 is 2.47 bits per heavy atom. The number of nitrogens with zero attached hydrogens (tertiary/aromatic N) is 3. The van der Waals surface area contributed by atoms with Crippen molar-refractivity contribution in [3.05, 3.63) is 12.4 Å². The van der Waals surface area contributed by atoms with Crippen LogP contribution in [-0.4, -0.2) is 58.0 Å². The molecule has 0 saturated carbocycles. The van der Waals surface area contributed by atoms with Crippen LogP contribution in [0, 0.1) is 0 Å². The molecule has 2 atom stereocenters. The molecule has 1 aliphatic rings. The van der Waals surface area contributed by atoms with Crippen molar-refractivity contribution < 1.29 is 9.90 Å². The highest BCUT2D eigenvalue weighted by Crippen LogP contribution is 2.17. The van der Waals surface area contributed by atoms with Crippen LogP contribution in [0.4, 0.5) is 5.69 Å². The van der Waals surface area contributed by atoms with Gasteiger partial charge in [-0.15, -0.1) is 0 Å². The fourth-order valence-electron chi connectivity index (χ4n) is 2.53. The molecule has 2 unspecified atom stereocenters. The molecule has 1 aliphatic heterocycles. The molecular weight excluding hydrogens is 246 g/mol. The maximum atomic E-state index is 11.7. The average molecular weight is 267 g/mol. The van der Waals surface area contributed by atoms with Gasteiger partial charge in [0.25, 0.3) is 0 Å². The van der Waals surface area contributed by atoms with Crippen LogP contribution >= 0.6 is 0 Å². The topological polar surface area (TPSA) is 96.4 Å². The second kappa shape index (κ2) is 6.03. The quantitative estimate of drug-likeness (QED) is 0.638. The molecule has 0 aromatic carbocycles. The SMILES string of the molecule is CNC(=O)C1CCCN1CC(O)Cn1cc(N)cn1. The lowest BCUT2D eigenvalue weighted by atomic mass is 10.2. The first kappa shape index (κ1) is 13.8. The molecule has 2 heterocycles. The van der Waals surface area contributed by atoms with Crippen molar-refractivity contribution in [1.29, 1.82) is 0 Å². The number of hydrogen-bond acceptors (Lipinski definition) is 5. The highest BCUT2D eigenvalue weighted by Gasteiger charge is 2.31.